The van der Waals surface area contributed by atoms with Crippen molar-refractivity contribution in [3.8, 4) is 0 Å². The molecule has 5 aliphatic carbocycles. The van der Waals surface area contributed by atoms with Crippen LogP contribution in [0.3, 0.4) is 0 Å². The van der Waals surface area contributed by atoms with Crippen LogP contribution in [-0.2, 0) is 4.74 Å². The van der Waals surface area contributed by atoms with E-state index >= 15 is 0 Å². The molecule has 0 heterocycles. The average Bonchev–Trinajstić information content (AvgIpc) is 2.37. The van der Waals surface area contributed by atoms with Crippen molar-refractivity contribution in [1.29, 1.82) is 0 Å². The van der Waals surface area contributed by atoms with Crippen LogP contribution in [0.1, 0.15) is 57.8 Å². The zero-order chi connectivity index (χ0) is 13.6. The van der Waals surface area contributed by atoms with E-state index in [0.29, 0.717) is 0 Å². The number of allylic oxidation sites excluding steroid dienone is 1. The number of hydrogen-bond acceptors (Lipinski definition) is 2. The molecule has 110 valence electrons. The fourth-order valence-electron chi connectivity index (χ4n) is 5.47. The maximum atomic E-state index is 12.2. The molecule has 0 spiro atoms. The summed E-state index contributed by atoms with van der Waals surface area (Å²) in [5.41, 5.74) is -0.108. The van der Waals surface area contributed by atoms with Crippen LogP contribution in [0.4, 0.5) is 4.79 Å². The van der Waals surface area contributed by atoms with Crippen molar-refractivity contribution in [2.75, 3.05) is 0 Å². The van der Waals surface area contributed by atoms with Crippen LogP contribution in [0.5, 0.6) is 0 Å². The molecule has 5 aliphatic rings. The molecule has 4 saturated carbocycles. The van der Waals surface area contributed by atoms with Gasteiger partial charge in [0.2, 0.25) is 0 Å². The first-order chi connectivity index (χ1) is 9.71. The van der Waals surface area contributed by atoms with Gasteiger partial charge in [-0.15, -0.1) is 0 Å². The summed E-state index contributed by atoms with van der Waals surface area (Å²) in [5.74, 6) is 2.48. The SMILES string of the molecule is O=C(NC1CC=CCC1)OC12CC3CC(CC(C3)C1)C2. The van der Waals surface area contributed by atoms with Gasteiger partial charge in [-0.1, -0.05) is 12.2 Å². The molecule has 20 heavy (non-hydrogen) atoms. The summed E-state index contributed by atoms with van der Waals surface area (Å²) in [7, 11) is 0. The Balaban J connectivity index is 1.38. The maximum absolute atomic E-state index is 12.2. The van der Waals surface area contributed by atoms with Gasteiger partial charge >= 0.3 is 6.09 Å². The van der Waals surface area contributed by atoms with Crippen molar-refractivity contribution in [3.05, 3.63) is 12.2 Å². The number of hydrogen-bond donors (Lipinski definition) is 1. The molecule has 1 atom stereocenters. The van der Waals surface area contributed by atoms with Crippen molar-refractivity contribution in [2.24, 2.45) is 17.8 Å². The monoisotopic (exact) mass is 275 g/mol. The summed E-state index contributed by atoms with van der Waals surface area (Å²) in [5, 5.41) is 3.08. The van der Waals surface area contributed by atoms with Gasteiger partial charge < -0.3 is 10.1 Å². The van der Waals surface area contributed by atoms with Crippen LogP contribution < -0.4 is 5.32 Å². The molecule has 1 amide bonds. The van der Waals surface area contributed by atoms with E-state index in [1.807, 2.05) is 0 Å². The number of alkyl carbamates (subject to hydrolysis) is 1. The Morgan fingerprint density at radius 2 is 1.70 bits per heavy atom. The topological polar surface area (TPSA) is 38.3 Å². The van der Waals surface area contributed by atoms with Gasteiger partial charge in [-0.05, 0) is 75.5 Å². The molecule has 5 rings (SSSR count). The summed E-state index contributed by atoms with van der Waals surface area (Å²) in [6, 6.07) is 0.279. The summed E-state index contributed by atoms with van der Waals surface area (Å²) >= 11 is 0. The molecule has 3 nitrogen and oxygen atoms in total. The second kappa shape index (κ2) is 4.78. The third-order valence-corrected chi connectivity index (χ3v) is 5.88. The van der Waals surface area contributed by atoms with Crippen molar-refractivity contribution in [1.82, 2.24) is 5.32 Å². The van der Waals surface area contributed by atoms with E-state index in [0.717, 1.165) is 56.3 Å². The highest BCUT2D eigenvalue weighted by molar-refractivity contribution is 5.68. The Hall–Kier alpha value is -0.990. The average molecular weight is 275 g/mol. The fourth-order valence-corrected chi connectivity index (χ4v) is 5.47. The molecule has 0 aromatic carbocycles. The molecule has 0 aromatic rings. The van der Waals surface area contributed by atoms with Gasteiger partial charge in [0, 0.05) is 6.04 Å². The van der Waals surface area contributed by atoms with Crippen LogP contribution in [-0.4, -0.2) is 17.7 Å². The van der Waals surface area contributed by atoms with Crippen LogP contribution in [0.15, 0.2) is 12.2 Å². The lowest BCUT2D eigenvalue weighted by Gasteiger charge is -2.55. The van der Waals surface area contributed by atoms with Gasteiger partial charge in [-0.2, -0.15) is 0 Å². The number of ether oxygens (including phenoxy) is 1. The van der Waals surface area contributed by atoms with Gasteiger partial charge in [0.05, 0.1) is 0 Å². The zero-order valence-electron chi connectivity index (χ0n) is 12.1. The molecule has 4 bridgehead atoms. The van der Waals surface area contributed by atoms with E-state index in [4.69, 9.17) is 4.74 Å². The molecule has 4 fully saturated rings. The number of carbonyl (C=O) groups is 1. The lowest BCUT2D eigenvalue weighted by Crippen LogP contribution is -2.54. The van der Waals surface area contributed by atoms with Crippen molar-refractivity contribution in [3.63, 3.8) is 0 Å². The van der Waals surface area contributed by atoms with Gasteiger partial charge in [-0.25, -0.2) is 4.79 Å². The third kappa shape index (κ3) is 2.36. The van der Waals surface area contributed by atoms with Gasteiger partial charge in [0.25, 0.3) is 0 Å². The molecule has 1 unspecified atom stereocenters. The highest BCUT2D eigenvalue weighted by atomic mass is 16.6. The lowest BCUT2D eigenvalue weighted by molar-refractivity contribution is -0.127. The van der Waals surface area contributed by atoms with Crippen LogP contribution in [0.25, 0.3) is 0 Å². The number of nitrogens with one attached hydrogen (secondary N) is 1. The van der Waals surface area contributed by atoms with E-state index in [-0.39, 0.29) is 17.7 Å². The van der Waals surface area contributed by atoms with Crippen molar-refractivity contribution < 1.29 is 9.53 Å². The molecule has 0 aromatic heterocycles. The molecule has 3 heteroatoms. The molecule has 0 saturated heterocycles. The van der Waals surface area contributed by atoms with Crippen LogP contribution in [0, 0.1) is 17.8 Å². The number of carbonyl (C=O) groups excluding carboxylic acids is 1. The van der Waals surface area contributed by atoms with Gasteiger partial charge in [0.1, 0.15) is 5.60 Å². The highest BCUT2D eigenvalue weighted by Gasteiger charge is 2.53. The number of rotatable bonds is 2. The van der Waals surface area contributed by atoms with E-state index < -0.39 is 0 Å². The Kier molecular flexibility index (Phi) is 3.04. The largest absolute Gasteiger partial charge is 0.443 e. The second-order valence-electron chi connectivity index (χ2n) is 7.62. The molecular weight excluding hydrogens is 250 g/mol. The van der Waals surface area contributed by atoms with Crippen molar-refractivity contribution in [2.45, 2.75) is 69.4 Å². The summed E-state index contributed by atoms with van der Waals surface area (Å²) in [4.78, 5) is 12.2. The quantitative estimate of drug-likeness (QED) is 0.779. The fraction of sp³-hybridized carbons (Fsp3) is 0.824. The maximum Gasteiger partial charge on any atom is 0.407 e. The predicted octanol–water partition coefficient (Wildman–Crippen LogP) is 3.79. The minimum atomic E-state index is -0.160. The summed E-state index contributed by atoms with van der Waals surface area (Å²) in [6.07, 6.45) is 14.8. The minimum absolute atomic E-state index is 0.108. The first-order valence-electron chi connectivity index (χ1n) is 8.35. The Morgan fingerprint density at radius 3 is 2.25 bits per heavy atom. The minimum Gasteiger partial charge on any atom is -0.443 e. The molecule has 0 radical (unpaired) electrons. The highest BCUT2D eigenvalue weighted by Crippen LogP contribution is 2.57. The van der Waals surface area contributed by atoms with Crippen LogP contribution in [0.2, 0.25) is 0 Å². The Labute approximate surface area is 121 Å². The smallest absolute Gasteiger partial charge is 0.407 e. The predicted molar refractivity (Wildman–Crippen MR) is 77.3 cm³/mol. The Bertz CT molecular complexity index is 393. The van der Waals surface area contributed by atoms with E-state index in [1.54, 1.807) is 0 Å². The first kappa shape index (κ1) is 12.7. The van der Waals surface area contributed by atoms with E-state index in [2.05, 4.69) is 17.5 Å². The Morgan fingerprint density at radius 1 is 1.05 bits per heavy atom. The number of amides is 1. The lowest BCUT2D eigenvalue weighted by atomic mass is 9.54. The summed E-state index contributed by atoms with van der Waals surface area (Å²) in [6.45, 7) is 0. The van der Waals surface area contributed by atoms with E-state index in [1.165, 1.54) is 19.3 Å². The zero-order valence-corrected chi connectivity index (χ0v) is 12.1. The van der Waals surface area contributed by atoms with Crippen LogP contribution >= 0.6 is 0 Å². The third-order valence-electron chi connectivity index (χ3n) is 5.88. The first-order valence-corrected chi connectivity index (χ1v) is 8.35. The van der Waals surface area contributed by atoms with Gasteiger partial charge in [-0.3, -0.25) is 0 Å². The molecule has 0 aliphatic heterocycles. The van der Waals surface area contributed by atoms with Crippen molar-refractivity contribution >= 4 is 6.09 Å². The summed E-state index contributed by atoms with van der Waals surface area (Å²) < 4.78 is 5.98. The molecule has 1 N–H and O–H groups in total. The molecular formula is C17H25NO2. The van der Waals surface area contributed by atoms with Gasteiger partial charge in [0.15, 0.2) is 0 Å². The normalized spacial score (nSPS) is 45.4. The second-order valence-corrected chi connectivity index (χ2v) is 7.62. The standard InChI is InChI=1S/C17H25NO2/c19-16(18-15-4-2-1-3-5-15)20-17-9-12-6-13(10-17)8-14(7-12)11-17/h1-2,12-15H,3-11H2,(H,18,19). The van der Waals surface area contributed by atoms with E-state index in [9.17, 15) is 4.79 Å².